The average molecular weight is 407 g/mol. The highest BCUT2D eigenvalue weighted by Gasteiger charge is 2.14. The lowest BCUT2D eigenvalue weighted by atomic mass is 10.2. The summed E-state index contributed by atoms with van der Waals surface area (Å²) in [5, 5.41) is 0.911. The first-order chi connectivity index (χ1) is 13.0. The van der Waals surface area contributed by atoms with Crippen LogP contribution >= 0.6 is 23.2 Å². The molecule has 1 aromatic heterocycles. The number of amides is 1. The molecule has 5 nitrogen and oxygen atoms in total. The Labute approximate surface area is 168 Å². The van der Waals surface area contributed by atoms with Gasteiger partial charge in [0.15, 0.2) is 0 Å². The second-order valence-electron chi connectivity index (χ2n) is 5.64. The molecule has 0 aliphatic carbocycles. The maximum atomic E-state index is 12.7. The Kier molecular flexibility index (Phi) is 8.30. The summed E-state index contributed by atoms with van der Waals surface area (Å²) in [4.78, 5) is 30.0. The lowest BCUT2D eigenvalue weighted by molar-refractivity contribution is -0.143. The molecule has 0 atom stereocenters. The summed E-state index contributed by atoms with van der Waals surface area (Å²) in [5.41, 5.74) is 1.43. The fraction of sp³-hybridized carbons (Fsp3) is 0.250. The minimum atomic E-state index is -0.348. The largest absolute Gasteiger partial charge is 0.466 e. The predicted molar refractivity (Wildman–Crippen MR) is 106 cm³/mol. The monoisotopic (exact) mass is 406 g/mol. The van der Waals surface area contributed by atoms with E-state index in [0.717, 1.165) is 5.56 Å². The lowest BCUT2D eigenvalue weighted by Gasteiger charge is -2.21. The molecule has 2 aromatic rings. The van der Waals surface area contributed by atoms with Crippen LogP contribution in [0.4, 0.5) is 0 Å². The Morgan fingerprint density at radius 1 is 1.19 bits per heavy atom. The number of rotatable bonds is 8. The summed E-state index contributed by atoms with van der Waals surface area (Å²) < 4.78 is 4.94. The van der Waals surface area contributed by atoms with Gasteiger partial charge in [0.2, 0.25) is 5.91 Å². The van der Waals surface area contributed by atoms with Crippen molar-refractivity contribution in [2.45, 2.75) is 19.9 Å². The highest BCUT2D eigenvalue weighted by molar-refractivity contribution is 6.37. The van der Waals surface area contributed by atoms with Crippen molar-refractivity contribution in [2.75, 3.05) is 13.2 Å². The molecule has 0 saturated heterocycles. The third kappa shape index (κ3) is 6.70. The molecule has 0 fully saturated rings. The molecule has 0 bridgehead atoms. The van der Waals surface area contributed by atoms with Gasteiger partial charge in [0.05, 0.1) is 13.0 Å². The summed E-state index contributed by atoms with van der Waals surface area (Å²) in [6, 6.07) is 8.80. The van der Waals surface area contributed by atoms with Gasteiger partial charge in [-0.1, -0.05) is 35.3 Å². The number of aromatic nitrogens is 1. The molecule has 0 aliphatic heterocycles. The zero-order chi connectivity index (χ0) is 19.6. The second kappa shape index (κ2) is 10.7. The van der Waals surface area contributed by atoms with E-state index < -0.39 is 0 Å². The smallest absolute Gasteiger partial charge is 0.307 e. The van der Waals surface area contributed by atoms with Crippen molar-refractivity contribution in [1.29, 1.82) is 0 Å². The molecule has 0 aliphatic rings. The van der Waals surface area contributed by atoms with Gasteiger partial charge in [0.1, 0.15) is 0 Å². The molecular formula is C20H20Cl2N2O3. The van der Waals surface area contributed by atoms with Gasteiger partial charge >= 0.3 is 5.97 Å². The van der Waals surface area contributed by atoms with Crippen molar-refractivity contribution in [3.63, 3.8) is 0 Å². The van der Waals surface area contributed by atoms with E-state index in [9.17, 15) is 9.59 Å². The number of hydrogen-bond donors (Lipinski definition) is 0. The maximum Gasteiger partial charge on any atom is 0.307 e. The topological polar surface area (TPSA) is 59.5 Å². The fourth-order valence-electron chi connectivity index (χ4n) is 2.37. The van der Waals surface area contributed by atoms with Gasteiger partial charge in [-0.25, -0.2) is 0 Å². The number of benzene rings is 1. The zero-order valence-corrected chi connectivity index (χ0v) is 16.4. The molecule has 1 amide bonds. The Morgan fingerprint density at radius 3 is 2.56 bits per heavy atom. The van der Waals surface area contributed by atoms with Gasteiger partial charge in [0, 0.05) is 47.2 Å². The van der Waals surface area contributed by atoms with Crippen LogP contribution in [0.15, 0.2) is 48.8 Å². The minimum Gasteiger partial charge on any atom is -0.466 e. The summed E-state index contributed by atoms with van der Waals surface area (Å²) in [7, 11) is 0. The van der Waals surface area contributed by atoms with Crippen molar-refractivity contribution in [3.05, 3.63) is 70.0 Å². The van der Waals surface area contributed by atoms with Crippen molar-refractivity contribution >= 4 is 41.2 Å². The van der Waals surface area contributed by atoms with Crippen molar-refractivity contribution in [1.82, 2.24) is 9.88 Å². The molecule has 0 spiro atoms. The van der Waals surface area contributed by atoms with E-state index in [4.69, 9.17) is 27.9 Å². The quantitative estimate of drug-likeness (QED) is 0.481. The third-order valence-electron chi connectivity index (χ3n) is 3.69. The van der Waals surface area contributed by atoms with E-state index in [1.54, 1.807) is 54.6 Å². The van der Waals surface area contributed by atoms with Crippen LogP contribution in [-0.4, -0.2) is 34.9 Å². The molecule has 0 unspecified atom stereocenters. The van der Waals surface area contributed by atoms with Gasteiger partial charge in [-0.15, -0.1) is 0 Å². The van der Waals surface area contributed by atoms with Crippen LogP contribution in [0.25, 0.3) is 6.08 Å². The number of nitrogens with zero attached hydrogens (tertiary/aromatic N) is 2. The molecule has 0 saturated carbocycles. The van der Waals surface area contributed by atoms with Gasteiger partial charge in [-0.05, 0) is 36.8 Å². The van der Waals surface area contributed by atoms with E-state index in [-0.39, 0.29) is 24.8 Å². The van der Waals surface area contributed by atoms with Crippen molar-refractivity contribution in [2.24, 2.45) is 0 Å². The molecular weight excluding hydrogens is 387 g/mol. The number of esters is 1. The van der Waals surface area contributed by atoms with Crippen molar-refractivity contribution in [3.8, 4) is 0 Å². The first kappa shape index (κ1) is 20.9. The van der Waals surface area contributed by atoms with Crippen LogP contribution in [0.5, 0.6) is 0 Å². The van der Waals surface area contributed by atoms with E-state index >= 15 is 0 Å². The lowest BCUT2D eigenvalue weighted by Crippen LogP contribution is -2.31. The number of hydrogen-bond acceptors (Lipinski definition) is 4. The summed E-state index contributed by atoms with van der Waals surface area (Å²) >= 11 is 12.3. The van der Waals surface area contributed by atoms with Gasteiger partial charge < -0.3 is 9.64 Å². The van der Waals surface area contributed by atoms with Crippen LogP contribution in [0.3, 0.4) is 0 Å². The average Bonchev–Trinajstić information content (AvgIpc) is 2.65. The van der Waals surface area contributed by atoms with Crippen molar-refractivity contribution < 1.29 is 14.3 Å². The highest BCUT2D eigenvalue weighted by atomic mass is 35.5. The molecule has 0 N–H and O–H groups in total. The van der Waals surface area contributed by atoms with Gasteiger partial charge in [0.25, 0.3) is 0 Å². The van der Waals surface area contributed by atoms with Crippen LogP contribution in [0.2, 0.25) is 10.0 Å². The van der Waals surface area contributed by atoms with Crippen LogP contribution in [0.1, 0.15) is 24.5 Å². The SMILES string of the molecule is CCOC(=O)CCN(Cc1cccnc1)C(=O)/C=C/c1c(Cl)cccc1Cl. The molecule has 2 rings (SSSR count). The third-order valence-corrected chi connectivity index (χ3v) is 4.35. The first-order valence-electron chi connectivity index (χ1n) is 8.46. The number of ether oxygens (including phenoxy) is 1. The number of carbonyl (C=O) groups is 2. The fourth-order valence-corrected chi connectivity index (χ4v) is 2.89. The number of pyridine rings is 1. The Balaban J connectivity index is 2.14. The highest BCUT2D eigenvalue weighted by Crippen LogP contribution is 2.25. The molecule has 1 aromatic carbocycles. The maximum absolute atomic E-state index is 12.7. The second-order valence-corrected chi connectivity index (χ2v) is 6.46. The molecule has 1 heterocycles. The van der Waals surface area contributed by atoms with E-state index in [1.165, 1.54) is 6.08 Å². The minimum absolute atomic E-state index is 0.112. The molecule has 27 heavy (non-hydrogen) atoms. The van der Waals surface area contributed by atoms with Crippen LogP contribution in [-0.2, 0) is 20.9 Å². The normalized spacial score (nSPS) is 10.8. The molecule has 7 heteroatoms. The Morgan fingerprint density at radius 2 is 1.93 bits per heavy atom. The first-order valence-corrected chi connectivity index (χ1v) is 9.22. The Bertz CT molecular complexity index is 790. The Hall–Kier alpha value is -2.37. The molecule has 0 radical (unpaired) electrons. The van der Waals surface area contributed by atoms with Crippen LogP contribution < -0.4 is 0 Å². The predicted octanol–water partition coefficient (Wildman–Crippen LogP) is 4.38. The van der Waals surface area contributed by atoms with Crippen LogP contribution in [0, 0.1) is 0 Å². The van der Waals surface area contributed by atoms with E-state index in [0.29, 0.717) is 28.8 Å². The van der Waals surface area contributed by atoms with Gasteiger partial charge in [-0.2, -0.15) is 0 Å². The summed E-state index contributed by atoms with van der Waals surface area (Å²) in [6.45, 7) is 2.60. The summed E-state index contributed by atoms with van der Waals surface area (Å²) in [5.74, 6) is -0.612. The zero-order valence-electron chi connectivity index (χ0n) is 14.9. The van der Waals surface area contributed by atoms with E-state index in [2.05, 4.69) is 4.98 Å². The number of halogens is 2. The van der Waals surface area contributed by atoms with E-state index in [1.807, 2.05) is 6.07 Å². The van der Waals surface area contributed by atoms with Gasteiger partial charge in [-0.3, -0.25) is 14.6 Å². The summed E-state index contributed by atoms with van der Waals surface area (Å²) in [6.07, 6.45) is 6.43. The number of carbonyl (C=O) groups excluding carboxylic acids is 2. The standard InChI is InChI=1S/C20H20Cl2N2O3/c1-2-27-20(26)10-12-24(14-15-5-4-11-23-13-15)19(25)9-8-16-17(21)6-3-7-18(16)22/h3-9,11,13H,2,10,12,14H2,1H3/b9-8+. The molecule has 142 valence electrons.